The Morgan fingerprint density at radius 2 is 0.860 bits per heavy atom. The van der Waals surface area contributed by atoms with Crippen LogP contribution in [-0.4, -0.2) is 8.07 Å². The van der Waals surface area contributed by atoms with Gasteiger partial charge in [-0.1, -0.05) is 163 Å². The average Bonchev–Trinajstić information content (AvgIpc) is 3.60. The fourth-order valence-electron chi connectivity index (χ4n) is 9.13. The summed E-state index contributed by atoms with van der Waals surface area (Å²) in [6.45, 7) is 19.8. The van der Waals surface area contributed by atoms with Gasteiger partial charge in [-0.05, 0) is 91.4 Å². The van der Waals surface area contributed by atoms with Crippen LogP contribution in [0.4, 0.5) is 0 Å². The minimum Gasteiger partial charge on any atom is -0.0699 e. The molecule has 2 aliphatic rings. The van der Waals surface area contributed by atoms with E-state index in [0.717, 1.165) is 25.7 Å². The Kier molecular flexibility index (Phi) is 7.54. The Bertz CT molecular complexity index is 1620. The van der Waals surface area contributed by atoms with E-state index in [2.05, 4.69) is 152 Å². The van der Waals surface area contributed by atoms with E-state index in [4.69, 9.17) is 0 Å². The average molecular weight is 581 g/mol. The highest BCUT2D eigenvalue weighted by Gasteiger charge is 2.58. The van der Waals surface area contributed by atoms with Gasteiger partial charge in [-0.25, -0.2) is 0 Å². The van der Waals surface area contributed by atoms with E-state index in [0.29, 0.717) is 0 Å². The van der Waals surface area contributed by atoms with Crippen molar-refractivity contribution in [3.63, 3.8) is 0 Å². The molecule has 0 bridgehead atoms. The van der Waals surface area contributed by atoms with Crippen LogP contribution in [0.15, 0.2) is 95.3 Å². The van der Waals surface area contributed by atoms with Gasteiger partial charge in [-0.15, -0.1) is 0 Å². The summed E-state index contributed by atoms with van der Waals surface area (Å²) in [5.74, 6) is 0. The number of allylic oxidation sites excluding steroid dienone is 2. The molecule has 0 saturated carbocycles. The van der Waals surface area contributed by atoms with E-state index in [1.807, 2.05) is 0 Å². The summed E-state index contributed by atoms with van der Waals surface area (Å²) in [6, 6.07) is 32.1. The molecule has 0 aromatic heterocycles. The fourth-order valence-corrected chi connectivity index (χ4v) is 17.3. The summed E-state index contributed by atoms with van der Waals surface area (Å²) in [5.41, 5.74) is 14.4. The molecule has 0 atom stereocenters. The lowest BCUT2D eigenvalue weighted by atomic mass is 9.93. The SMILES string of the molecule is CCc1ccccc1-c1cccc2c1C=C([Si](C1=Cc3c(cccc3-c3ccccc3CC)C1)(C(C)(C)C)C(C)(C)C)C2. The molecule has 0 spiro atoms. The Labute approximate surface area is 261 Å². The van der Waals surface area contributed by atoms with Gasteiger partial charge in [0.1, 0.15) is 8.07 Å². The van der Waals surface area contributed by atoms with Crippen LogP contribution in [0.3, 0.4) is 0 Å². The number of rotatable bonds is 6. The lowest BCUT2D eigenvalue weighted by Gasteiger charge is -2.54. The molecule has 43 heavy (non-hydrogen) atoms. The van der Waals surface area contributed by atoms with Gasteiger partial charge in [0.15, 0.2) is 0 Å². The third-order valence-corrected chi connectivity index (χ3v) is 17.5. The summed E-state index contributed by atoms with van der Waals surface area (Å²) in [7, 11) is -2.30. The molecule has 220 valence electrons. The first-order valence-corrected chi connectivity index (χ1v) is 18.3. The maximum atomic E-state index is 2.66. The van der Waals surface area contributed by atoms with Crippen LogP contribution in [0.5, 0.6) is 0 Å². The van der Waals surface area contributed by atoms with Gasteiger partial charge in [0.05, 0.1) is 0 Å². The number of benzene rings is 4. The van der Waals surface area contributed by atoms with Crippen molar-refractivity contribution in [2.75, 3.05) is 0 Å². The van der Waals surface area contributed by atoms with Crippen LogP contribution < -0.4 is 0 Å². The Morgan fingerprint density at radius 1 is 0.488 bits per heavy atom. The molecule has 0 unspecified atom stereocenters. The molecule has 0 heterocycles. The predicted octanol–water partition coefficient (Wildman–Crippen LogP) is 11.9. The first kappa shape index (κ1) is 29.6. The first-order chi connectivity index (χ1) is 20.5. The van der Waals surface area contributed by atoms with Crippen molar-refractivity contribution in [2.45, 2.75) is 91.1 Å². The number of hydrogen-bond acceptors (Lipinski definition) is 0. The highest BCUT2D eigenvalue weighted by molar-refractivity contribution is 6.98. The van der Waals surface area contributed by atoms with Crippen molar-refractivity contribution >= 4 is 20.2 Å². The minimum absolute atomic E-state index is 0.149. The van der Waals surface area contributed by atoms with Crippen LogP contribution in [0.1, 0.15) is 88.8 Å². The van der Waals surface area contributed by atoms with E-state index < -0.39 is 8.07 Å². The predicted molar refractivity (Wildman–Crippen MR) is 191 cm³/mol. The molecule has 0 amide bonds. The largest absolute Gasteiger partial charge is 0.120 e. The van der Waals surface area contributed by atoms with Crippen molar-refractivity contribution in [3.05, 3.63) is 129 Å². The smallest absolute Gasteiger partial charge is 0.0699 e. The summed E-state index contributed by atoms with van der Waals surface area (Å²) >= 11 is 0. The number of hydrogen-bond donors (Lipinski definition) is 0. The summed E-state index contributed by atoms with van der Waals surface area (Å²) in [5, 5.41) is 3.71. The monoisotopic (exact) mass is 580 g/mol. The highest BCUT2D eigenvalue weighted by atomic mass is 28.3. The molecular weight excluding hydrogens is 533 g/mol. The van der Waals surface area contributed by atoms with E-state index >= 15 is 0 Å². The summed E-state index contributed by atoms with van der Waals surface area (Å²) in [6.07, 6.45) is 9.56. The lowest BCUT2D eigenvalue weighted by Crippen LogP contribution is -2.56. The van der Waals surface area contributed by atoms with Crippen molar-refractivity contribution in [3.8, 4) is 22.3 Å². The van der Waals surface area contributed by atoms with Crippen molar-refractivity contribution < 1.29 is 0 Å². The molecule has 1 heteroatoms. The van der Waals surface area contributed by atoms with Gasteiger partial charge >= 0.3 is 0 Å². The van der Waals surface area contributed by atoms with E-state index in [-0.39, 0.29) is 10.1 Å². The fraction of sp³-hybridized carbons (Fsp3) is 0.333. The molecule has 0 nitrogen and oxygen atoms in total. The topological polar surface area (TPSA) is 0 Å². The second-order valence-corrected chi connectivity index (χ2v) is 20.5. The van der Waals surface area contributed by atoms with Crippen LogP contribution in [0.2, 0.25) is 10.1 Å². The van der Waals surface area contributed by atoms with Gasteiger partial charge in [-0.2, -0.15) is 0 Å². The van der Waals surface area contributed by atoms with Gasteiger partial charge in [0.2, 0.25) is 0 Å². The van der Waals surface area contributed by atoms with Crippen molar-refractivity contribution in [2.24, 2.45) is 0 Å². The molecule has 0 fully saturated rings. The second-order valence-electron chi connectivity index (χ2n) is 14.7. The van der Waals surface area contributed by atoms with E-state index in [9.17, 15) is 0 Å². The third-order valence-electron chi connectivity index (χ3n) is 10.4. The van der Waals surface area contributed by atoms with Crippen LogP contribution in [-0.2, 0) is 25.7 Å². The minimum atomic E-state index is -2.30. The molecule has 4 aromatic carbocycles. The molecule has 0 radical (unpaired) electrons. The third kappa shape index (κ3) is 4.72. The first-order valence-electron chi connectivity index (χ1n) is 16.3. The van der Waals surface area contributed by atoms with Gasteiger partial charge in [-0.3, -0.25) is 0 Å². The molecule has 4 aromatic rings. The number of fused-ring (bicyclic) bond motifs is 2. The number of aryl methyl sites for hydroxylation is 2. The van der Waals surface area contributed by atoms with Crippen LogP contribution in [0, 0.1) is 0 Å². The second kappa shape index (κ2) is 10.9. The van der Waals surface area contributed by atoms with Gasteiger partial charge < -0.3 is 0 Å². The summed E-state index contributed by atoms with van der Waals surface area (Å²) < 4.78 is 0. The molecule has 2 aliphatic carbocycles. The highest BCUT2D eigenvalue weighted by Crippen LogP contribution is 2.62. The Hall–Kier alpha value is -3.42. The van der Waals surface area contributed by atoms with Crippen molar-refractivity contribution in [1.29, 1.82) is 0 Å². The van der Waals surface area contributed by atoms with Crippen molar-refractivity contribution in [1.82, 2.24) is 0 Å². The molecule has 0 saturated heterocycles. The van der Waals surface area contributed by atoms with E-state index in [1.165, 1.54) is 55.6 Å². The zero-order valence-electron chi connectivity index (χ0n) is 27.6. The zero-order chi connectivity index (χ0) is 30.6. The van der Waals surface area contributed by atoms with Crippen LogP contribution >= 0.6 is 0 Å². The van der Waals surface area contributed by atoms with E-state index in [1.54, 1.807) is 10.4 Å². The maximum absolute atomic E-state index is 2.66. The standard InChI is InChI=1S/C42H48Si/c1-9-29-17-11-13-21-35(29)37-23-15-19-31-25-33(27-39(31)37)43(41(3,4)5,42(6,7)8)34-26-32-20-16-24-38(40(32)28-34)36-22-14-12-18-30(36)10-2/h11-24,27-28H,9-10,25-26H2,1-8H3. The van der Waals surface area contributed by atoms with Crippen LogP contribution in [0.25, 0.3) is 34.4 Å². The Balaban J connectivity index is 1.56. The Morgan fingerprint density at radius 3 is 1.23 bits per heavy atom. The van der Waals surface area contributed by atoms with Gasteiger partial charge in [0.25, 0.3) is 0 Å². The molecule has 0 N–H and O–H groups in total. The quantitative estimate of drug-likeness (QED) is 0.199. The lowest BCUT2D eigenvalue weighted by molar-refractivity contribution is 0.622. The zero-order valence-corrected chi connectivity index (χ0v) is 28.6. The maximum Gasteiger partial charge on any atom is 0.120 e. The molecule has 6 rings (SSSR count). The normalized spacial score (nSPS) is 14.8. The molecule has 0 aliphatic heterocycles. The van der Waals surface area contributed by atoms with Gasteiger partial charge in [0, 0.05) is 0 Å². The molecular formula is C42H48Si. The summed E-state index contributed by atoms with van der Waals surface area (Å²) in [4.78, 5) is 0.